The minimum Gasteiger partial charge on any atom is -0.370 e. The molecule has 1 aromatic heterocycles. The topological polar surface area (TPSA) is 41.0 Å². The van der Waals surface area contributed by atoms with Crippen molar-refractivity contribution in [2.45, 2.75) is 58.3 Å². The van der Waals surface area contributed by atoms with Crippen molar-refractivity contribution < 1.29 is 0 Å². The van der Waals surface area contributed by atoms with Gasteiger partial charge in [0, 0.05) is 31.6 Å². The van der Waals surface area contributed by atoms with Gasteiger partial charge in [0.1, 0.15) is 17.5 Å². The molecule has 0 bridgehead atoms. The van der Waals surface area contributed by atoms with Crippen LogP contribution < -0.4 is 10.2 Å². The third-order valence-corrected chi connectivity index (χ3v) is 4.78. The van der Waals surface area contributed by atoms with Crippen LogP contribution in [0.5, 0.6) is 0 Å². The van der Waals surface area contributed by atoms with Gasteiger partial charge in [-0.15, -0.1) is 0 Å². The maximum Gasteiger partial charge on any atom is 0.136 e. The fourth-order valence-electron chi connectivity index (χ4n) is 3.21. The van der Waals surface area contributed by atoms with E-state index in [0.29, 0.717) is 5.92 Å². The van der Waals surface area contributed by atoms with Gasteiger partial charge in [0.05, 0.1) is 0 Å². The molecule has 4 nitrogen and oxygen atoms in total. The molecule has 1 unspecified atom stereocenters. The molecule has 1 atom stereocenters. The number of aromatic nitrogens is 2. The van der Waals surface area contributed by atoms with Crippen LogP contribution in [0.3, 0.4) is 0 Å². The van der Waals surface area contributed by atoms with E-state index >= 15 is 0 Å². The summed E-state index contributed by atoms with van der Waals surface area (Å²) >= 11 is 0. The average Bonchev–Trinajstić information content (AvgIpc) is 3.34. The molecule has 2 aliphatic rings. The molecule has 1 N–H and O–H groups in total. The zero-order chi connectivity index (χ0) is 14.7. The van der Waals surface area contributed by atoms with Crippen molar-refractivity contribution in [3.8, 4) is 0 Å². The summed E-state index contributed by atoms with van der Waals surface area (Å²) < 4.78 is 0. The number of hydrogen-bond donors (Lipinski definition) is 1. The molecule has 0 amide bonds. The van der Waals surface area contributed by atoms with Crippen molar-refractivity contribution in [1.82, 2.24) is 9.97 Å². The van der Waals surface area contributed by atoms with Gasteiger partial charge in [-0.05, 0) is 44.9 Å². The van der Waals surface area contributed by atoms with Gasteiger partial charge < -0.3 is 10.2 Å². The fourth-order valence-corrected chi connectivity index (χ4v) is 3.21. The number of nitrogens with one attached hydrogen (secondary N) is 1. The standard InChI is InChI=1S/C17H28N4/c1-3-13-6-5-10-21(11-9-13)16-12-15(18-4-2)19-17(20-16)14-7-8-14/h12-14H,3-11H2,1-2H3,(H,18,19,20). The van der Waals surface area contributed by atoms with Crippen molar-refractivity contribution >= 4 is 11.6 Å². The quantitative estimate of drug-likeness (QED) is 0.894. The zero-order valence-corrected chi connectivity index (χ0v) is 13.4. The predicted molar refractivity (Wildman–Crippen MR) is 88.0 cm³/mol. The predicted octanol–water partition coefficient (Wildman–Crippen LogP) is 3.80. The Balaban J connectivity index is 1.79. The Morgan fingerprint density at radius 3 is 2.71 bits per heavy atom. The highest BCUT2D eigenvalue weighted by Crippen LogP contribution is 2.39. The molecule has 2 heterocycles. The number of nitrogens with zero attached hydrogens (tertiary/aromatic N) is 3. The Labute approximate surface area is 128 Å². The molecule has 1 aromatic rings. The van der Waals surface area contributed by atoms with E-state index in [0.717, 1.165) is 43.0 Å². The van der Waals surface area contributed by atoms with Crippen LogP contribution in [0.15, 0.2) is 6.07 Å². The summed E-state index contributed by atoms with van der Waals surface area (Å²) in [5.41, 5.74) is 0. The minimum atomic E-state index is 0.609. The summed E-state index contributed by atoms with van der Waals surface area (Å²) in [7, 11) is 0. The van der Waals surface area contributed by atoms with Crippen LogP contribution in [0.2, 0.25) is 0 Å². The Kier molecular flexibility index (Phi) is 4.61. The van der Waals surface area contributed by atoms with Crippen molar-refractivity contribution in [2.75, 3.05) is 29.9 Å². The largest absolute Gasteiger partial charge is 0.370 e. The van der Waals surface area contributed by atoms with Crippen LogP contribution in [0.25, 0.3) is 0 Å². The van der Waals surface area contributed by atoms with Crippen LogP contribution in [0.1, 0.15) is 64.1 Å². The normalized spacial score (nSPS) is 23.0. The molecule has 1 saturated heterocycles. The van der Waals surface area contributed by atoms with Crippen molar-refractivity contribution in [3.63, 3.8) is 0 Å². The number of rotatable bonds is 5. The maximum atomic E-state index is 4.87. The summed E-state index contributed by atoms with van der Waals surface area (Å²) in [6.07, 6.45) is 7.79. The summed E-state index contributed by atoms with van der Waals surface area (Å²) in [5.74, 6) is 4.70. The van der Waals surface area contributed by atoms with Gasteiger partial charge in [0.25, 0.3) is 0 Å². The zero-order valence-electron chi connectivity index (χ0n) is 13.4. The first-order chi connectivity index (χ1) is 10.3. The van der Waals surface area contributed by atoms with Gasteiger partial charge in [0.2, 0.25) is 0 Å². The van der Waals surface area contributed by atoms with Crippen LogP contribution in [-0.4, -0.2) is 29.6 Å². The average molecular weight is 288 g/mol. The van der Waals surface area contributed by atoms with Crippen molar-refractivity contribution in [2.24, 2.45) is 5.92 Å². The van der Waals surface area contributed by atoms with Crippen LogP contribution in [0.4, 0.5) is 11.6 Å². The van der Waals surface area contributed by atoms with Crippen LogP contribution in [0, 0.1) is 5.92 Å². The Bertz CT molecular complexity index is 470. The van der Waals surface area contributed by atoms with Gasteiger partial charge in [-0.3, -0.25) is 0 Å². The third-order valence-electron chi connectivity index (χ3n) is 4.78. The molecule has 0 spiro atoms. The van der Waals surface area contributed by atoms with Gasteiger partial charge >= 0.3 is 0 Å². The van der Waals surface area contributed by atoms with E-state index < -0.39 is 0 Å². The van der Waals surface area contributed by atoms with Crippen molar-refractivity contribution in [3.05, 3.63) is 11.9 Å². The highest BCUT2D eigenvalue weighted by Gasteiger charge is 2.28. The lowest BCUT2D eigenvalue weighted by molar-refractivity contribution is 0.459. The second kappa shape index (κ2) is 6.63. The van der Waals surface area contributed by atoms with E-state index in [1.165, 1.54) is 38.5 Å². The maximum absolute atomic E-state index is 4.87. The first-order valence-electron chi connectivity index (χ1n) is 8.68. The molecule has 0 radical (unpaired) electrons. The van der Waals surface area contributed by atoms with E-state index in [1.54, 1.807) is 0 Å². The molecule has 116 valence electrons. The molecule has 1 saturated carbocycles. The fraction of sp³-hybridized carbons (Fsp3) is 0.765. The Hall–Kier alpha value is -1.32. The molecule has 3 rings (SSSR count). The van der Waals surface area contributed by atoms with Gasteiger partial charge in [0.15, 0.2) is 0 Å². The third kappa shape index (κ3) is 3.66. The van der Waals surface area contributed by atoms with Crippen LogP contribution >= 0.6 is 0 Å². The van der Waals surface area contributed by atoms with E-state index in [1.807, 2.05) is 0 Å². The minimum absolute atomic E-state index is 0.609. The molecule has 21 heavy (non-hydrogen) atoms. The first kappa shape index (κ1) is 14.6. The smallest absolute Gasteiger partial charge is 0.136 e. The van der Waals surface area contributed by atoms with E-state index in [4.69, 9.17) is 4.98 Å². The monoisotopic (exact) mass is 288 g/mol. The number of hydrogen-bond acceptors (Lipinski definition) is 4. The van der Waals surface area contributed by atoms with E-state index in [9.17, 15) is 0 Å². The Morgan fingerprint density at radius 1 is 1.14 bits per heavy atom. The second-order valence-corrected chi connectivity index (χ2v) is 6.47. The lowest BCUT2D eigenvalue weighted by atomic mass is 9.98. The molecule has 2 fully saturated rings. The van der Waals surface area contributed by atoms with Crippen LogP contribution in [-0.2, 0) is 0 Å². The molecular formula is C17H28N4. The summed E-state index contributed by atoms with van der Waals surface area (Å²) in [4.78, 5) is 12.0. The van der Waals surface area contributed by atoms with Crippen molar-refractivity contribution in [1.29, 1.82) is 0 Å². The lowest BCUT2D eigenvalue weighted by Crippen LogP contribution is -2.26. The lowest BCUT2D eigenvalue weighted by Gasteiger charge is -2.23. The molecule has 4 heteroatoms. The molecule has 0 aromatic carbocycles. The summed E-state index contributed by atoms with van der Waals surface area (Å²) in [6.45, 7) is 7.64. The first-order valence-corrected chi connectivity index (χ1v) is 8.68. The highest BCUT2D eigenvalue weighted by atomic mass is 15.2. The van der Waals surface area contributed by atoms with E-state index in [2.05, 4.69) is 35.1 Å². The van der Waals surface area contributed by atoms with E-state index in [-0.39, 0.29) is 0 Å². The SMILES string of the molecule is CCNc1cc(N2CCCC(CC)CC2)nc(C2CC2)n1. The molecular weight excluding hydrogens is 260 g/mol. The highest BCUT2D eigenvalue weighted by molar-refractivity contribution is 5.50. The van der Waals surface area contributed by atoms with Gasteiger partial charge in [-0.1, -0.05) is 13.3 Å². The Morgan fingerprint density at radius 2 is 2.00 bits per heavy atom. The molecule has 1 aliphatic heterocycles. The molecule has 1 aliphatic carbocycles. The number of anilines is 2. The van der Waals surface area contributed by atoms with Gasteiger partial charge in [-0.2, -0.15) is 0 Å². The second-order valence-electron chi connectivity index (χ2n) is 6.47. The summed E-state index contributed by atoms with van der Waals surface area (Å²) in [6, 6.07) is 2.14. The summed E-state index contributed by atoms with van der Waals surface area (Å²) in [5, 5.41) is 3.37. The van der Waals surface area contributed by atoms with Gasteiger partial charge in [-0.25, -0.2) is 9.97 Å².